The number of halogens is 3. The molecule has 6 rings (SSSR count). The van der Waals surface area contributed by atoms with Gasteiger partial charge in [-0.25, -0.2) is 0 Å². The molecule has 11 nitrogen and oxygen atoms in total. The molecule has 0 amide bonds. The van der Waals surface area contributed by atoms with Crippen LogP contribution < -0.4 is 10.6 Å². The Labute approximate surface area is 369 Å². The van der Waals surface area contributed by atoms with E-state index in [0.29, 0.717) is 18.8 Å². The van der Waals surface area contributed by atoms with E-state index in [0.717, 1.165) is 58.3 Å². The Morgan fingerprint density at radius 1 is 0.767 bits per heavy atom. The summed E-state index contributed by atoms with van der Waals surface area (Å²) in [5.74, 6) is -2.62. The Morgan fingerprint density at radius 3 is 1.85 bits per heavy atom. The number of esters is 4. The molecule has 0 N–H and O–H groups in total. The number of alkyl halides is 3. The molecule has 2 fully saturated rings. The van der Waals surface area contributed by atoms with E-state index in [-0.39, 0.29) is 29.0 Å². The molecule has 0 aromatic heterocycles. The Kier molecular flexibility index (Phi) is 18.5. The number of nitrogens with zero attached hydrogens (tertiary/aromatic N) is 1. The first kappa shape index (κ1) is 48.7. The molecule has 3 aromatic rings. The first-order valence-electron chi connectivity index (χ1n) is 19.0. The third-order valence-corrected chi connectivity index (χ3v) is 12.8. The van der Waals surface area contributed by atoms with Gasteiger partial charge in [-0.3, -0.25) is 19.2 Å². The molecule has 1 aliphatic carbocycles. The number of hydrogen-bond acceptors (Lipinski definition) is 12. The summed E-state index contributed by atoms with van der Waals surface area (Å²) in [5.41, 5.74) is 1.23. The maximum atomic E-state index is 13.3. The quantitative estimate of drug-likeness (QED) is 0.0789. The molecule has 0 bridgehead atoms. The monoisotopic (exact) mass is 1050 g/mol. The van der Waals surface area contributed by atoms with Gasteiger partial charge >= 0.3 is 30.1 Å². The maximum absolute atomic E-state index is 13.3. The standard InChI is InChI=1S/C29H27F3NOP.C14H20O9S.Au/c30-29(31,32)24-9-7-8-22(21-24)20-23-14-15-27(28(23)33-16-18-34-19-17-33)35(25-10-3-1-4-11-25)26-12-5-2-6-13-26;1-6(15)19-5-10-11(20-7(2)16)12(21-8(3)17)13(14(24)23-10)22-9(4)18;/h1-13,20-21H,14-19H2;10-14,24H,5H2,1-4H3;/b23-20+;;. The van der Waals surface area contributed by atoms with Crippen LogP contribution in [-0.4, -0.2) is 91.5 Å². The molecule has 2 heterocycles. The Morgan fingerprint density at radius 2 is 1.32 bits per heavy atom. The van der Waals surface area contributed by atoms with E-state index >= 15 is 0 Å². The van der Waals surface area contributed by atoms with Crippen LogP contribution in [0.25, 0.3) is 6.08 Å². The van der Waals surface area contributed by atoms with Gasteiger partial charge in [-0.1, -0.05) is 48.5 Å². The molecule has 0 spiro atoms. The Balaban J connectivity index is 0.000000281. The van der Waals surface area contributed by atoms with Gasteiger partial charge in [0.1, 0.15) is 34.7 Å². The van der Waals surface area contributed by atoms with Crippen molar-refractivity contribution in [2.45, 2.75) is 76.6 Å². The van der Waals surface area contributed by atoms with E-state index < -0.39 is 73.4 Å². The minimum Gasteiger partial charge on any atom is -0.757 e. The third kappa shape index (κ3) is 13.5. The van der Waals surface area contributed by atoms with E-state index in [2.05, 4.69) is 53.4 Å². The largest absolute Gasteiger partial charge is 0.757 e. The minimum atomic E-state index is -4.35. The van der Waals surface area contributed by atoms with Gasteiger partial charge in [0, 0.05) is 69.6 Å². The second-order valence-corrected chi connectivity index (χ2v) is 16.9. The fraction of sp³-hybridized carbons (Fsp3) is 0.395. The molecule has 327 valence electrons. The fourth-order valence-corrected chi connectivity index (χ4v) is 10.5. The first-order valence-corrected chi connectivity index (χ1v) is 21.0. The van der Waals surface area contributed by atoms with Gasteiger partial charge in [-0.05, 0) is 65.5 Å². The van der Waals surface area contributed by atoms with E-state index in [1.165, 1.54) is 40.7 Å². The molecular formula is C43H47AuF3NO10PS. The molecule has 60 heavy (non-hydrogen) atoms. The predicted molar refractivity (Wildman–Crippen MR) is 218 cm³/mol. The smallest absolute Gasteiger partial charge is 0.416 e. The SMILES string of the molecule is CC(=O)OCC1OC([S-])C(OC(C)=O)C(OC(C)=O)C1OC(C)=O.FC(F)(F)c1cccc(/C=C2\CCC([PH+](c3ccccc3)c3ccccc3)=C2N2CCOCC2)c1.[Au]. The van der Waals surface area contributed by atoms with Crippen LogP contribution in [0.5, 0.6) is 0 Å². The van der Waals surface area contributed by atoms with Crippen LogP contribution in [0.3, 0.4) is 0 Å². The molecule has 5 atom stereocenters. The molecule has 3 aromatic carbocycles. The van der Waals surface area contributed by atoms with Gasteiger partial charge < -0.3 is 45.9 Å². The summed E-state index contributed by atoms with van der Waals surface area (Å²) in [5, 5.41) is 4.07. The van der Waals surface area contributed by atoms with Gasteiger partial charge in [0.15, 0.2) is 12.2 Å². The van der Waals surface area contributed by atoms with E-state index in [1.807, 2.05) is 18.2 Å². The fourth-order valence-electron chi connectivity index (χ4n) is 7.17. The van der Waals surface area contributed by atoms with Gasteiger partial charge in [-0.2, -0.15) is 13.2 Å². The molecule has 0 saturated carbocycles. The summed E-state index contributed by atoms with van der Waals surface area (Å²) < 4.78 is 71.3. The van der Waals surface area contributed by atoms with Crippen molar-refractivity contribution in [3.8, 4) is 0 Å². The van der Waals surface area contributed by atoms with Crippen LogP contribution in [0.4, 0.5) is 13.2 Å². The normalized spacial score (nSPS) is 22.2. The summed E-state index contributed by atoms with van der Waals surface area (Å²) in [6.07, 6.45) is -5.13. The topological polar surface area (TPSA) is 127 Å². The van der Waals surface area contributed by atoms with Crippen LogP contribution in [0.2, 0.25) is 0 Å². The van der Waals surface area contributed by atoms with Crippen molar-refractivity contribution in [2.75, 3.05) is 32.9 Å². The van der Waals surface area contributed by atoms with Crippen LogP contribution in [0, 0.1) is 0 Å². The molecule has 17 heteroatoms. The summed E-state index contributed by atoms with van der Waals surface area (Å²) in [4.78, 5) is 47.4. The minimum absolute atomic E-state index is 0. The zero-order chi connectivity index (χ0) is 42.7. The second-order valence-electron chi connectivity index (χ2n) is 13.9. The van der Waals surface area contributed by atoms with Gasteiger partial charge in [0.05, 0.1) is 32.4 Å². The van der Waals surface area contributed by atoms with Crippen molar-refractivity contribution in [1.29, 1.82) is 0 Å². The number of ether oxygens (including phenoxy) is 6. The van der Waals surface area contributed by atoms with Gasteiger partial charge in [0.2, 0.25) is 0 Å². The van der Waals surface area contributed by atoms with Crippen molar-refractivity contribution in [3.63, 3.8) is 0 Å². The van der Waals surface area contributed by atoms with E-state index in [4.69, 9.17) is 41.0 Å². The van der Waals surface area contributed by atoms with Crippen LogP contribution >= 0.6 is 7.92 Å². The van der Waals surface area contributed by atoms with Crippen molar-refractivity contribution in [3.05, 3.63) is 113 Å². The van der Waals surface area contributed by atoms with E-state index in [1.54, 1.807) is 6.07 Å². The van der Waals surface area contributed by atoms with Crippen LogP contribution in [-0.2, 0) is 88.8 Å². The maximum Gasteiger partial charge on any atom is 0.416 e. The van der Waals surface area contributed by atoms with Crippen LogP contribution in [0.15, 0.2) is 102 Å². The zero-order valence-corrected chi connectivity index (χ0v) is 37.4. The zero-order valence-electron chi connectivity index (χ0n) is 33.4. The molecule has 1 radical (unpaired) electrons. The summed E-state index contributed by atoms with van der Waals surface area (Å²) in [7, 11) is -1.25. The number of rotatable bonds is 10. The average Bonchev–Trinajstić information content (AvgIpc) is 3.59. The van der Waals surface area contributed by atoms with Gasteiger partial charge in [-0.15, -0.1) is 0 Å². The Bertz CT molecular complexity index is 1960. The number of carbonyl (C=O) groups is 4. The number of morpholine rings is 1. The molecular weight excluding hydrogens is 1010 g/mol. The number of allylic oxidation sites excluding steroid dienone is 2. The molecule has 2 saturated heterocycles. The third-order valence-electron chi connectivity index (χ3n) is 9.49. The summed E-state index contributed by atoms with van der Waals surface area (Å²) in [6.45, 7) is 7.26. The number of benzene rings is 3. The first-order chi connectivity index (χ1) is 28.1. The molecule has 5 unspecified atom stereocenters. The summed E-state index contributed by atoms with van der Waals surface area (Å²) >= 11 is 5.11. The molecule has 2 aliphatic heterocycles. The molecule has 3 aliphatic rings. The predicted octanol–water partition coefficient (Wildman–Crippen LogP) is 5.91. The van der Waals surface area contributed by atoms with Crippen molar-refractivity contribution >= 4 is 61.1 Å². The van der Waals surface area contributed by atoms with E-state index in [9.17, 15) is 32.3 Å². The van der Waals surface area contributed by atoms with Crippen LogP contribution in [0.1, 0.15) is 51.7 Å². The second kappa shape index (κ2) is 22.8. The average molecular weight is 1050 g/mol. The number of carbonyl (C=O) groups excluding carboxylic acids is 4. The Hall–Kier alpha value is -3.95. The van der Waals surface area contributed by atoms with Crippen molar-refractivity contribution < 1.29 is 83.2 Å². The van der Waals surface area contributed by atoms with Gasteiger partial charge in [0.25, 0.3) is 0 Å². The van der Waals surface area contributed by atoms with Crippen molar-refractivity contribution in [2.24, 2.45) is 0 Å². The van der Waals surface area contributed by atoms with Crippen molar-refractivity contribution in [1.82, 2.24) is 4.90 Å². The summed E-state index contributed by atoms with van der Waals surface area (Å²) in [6, 6.07) is 26.9. The number of hydrogen-bond donors (Lipinski definition) is 0.